The molecule has 0 aliphatic carbocycles. The molecule has 0 aliphatic rings. The number of rotatable bonds is 8. The van der Waals surface area contributed by atoms with Crippen LogP contribution in [0.2, 0.25) is 0 Å². The van der Waals surface area contributed by atoms with Crippen molar-refractivity contribution in [3.05, 3.63) is 48.0 Å². The van der Waals surface area contributed by atoms with E-state index in [1.165, 1.54) is 19.2 Å². The van der Waals surface area contributed by atoms with Crippen LogP contribution >= 0.6 is 0 Å². The smallest absolute Gasteiger partial charge is 0.342 e. The van der Waals surface area contributed by atoms with Gasteiger partial charge in [-0.1, -0.05) is 0 Å². The van der Waals surface area contributed by atoms with Gasteiger partial charge in [-0.3, -0.25) is 0 Å². The first-order chi connectivity index (χ1) is 12.3. The number of hydrogen-bond acceptors (Lipinski definition) is 7. The Balaban J connectivity index is 1.96. The highest BCUT2D eigenvalue weighted by atomic mass is 32.2. The molecule has 0 atom stereocenters. The predicted molar refractivity (Wildman–Crippen MR) is 93.1 cm³/mol. The molecule has 2 aromatic rings. The van der Waals surface area contributed by atoms with Gasteiger partial charge in [0, 0.05) is 0 Å². The zero-order valence-corrected chi connectivity index (χ0v) is 15.1. The zero-order valence-electron chi connectivity index (χ0n) is 14.3. The number of sulfonamides is 1. The van der Waals surface area contributed by atoms with Crippen molar-refractivity contribution in [2.24, 2.45) is 5.14 Å². The molecule has 0 aromatic heterocycles. The van der Waals surface area contributed by atoms with Gasteiger partial charge in [0.05, 0.1) is 19.1 Å². The minimum Gasteiger partial charge on any atom is -0.497 e. The average Bonchev–Trinajstić information content (AvgIpc) is 2.64. The highest BCUT2D eigenvalue weighted by Crippen LogP contribution is 2.23. The van der Waals surface area contributed by atoms with Crippen LogP contribution in [0.3, 0.4) is 0 Å². The van der Waals surface area contributed by atoms with E-state index >= 15 is 0 Å². The lowest BCUT2D eigenvalue weighted by Gasteiger charge is -2.11. The van der Waals surface area contributed by atoms with Crippen LogP contribution in [-0.2, 0) is 14.8 Å². The number of carbonyl (C=O) groups excluding carboxylic acids is 1. The first kappa shape index (κ1) is 19.5. The molecule has 0 radical (unpaired) electrons. The van der Waals surface area contributed by atoms with Crippen LogP contribution in [0.1, 0.15) is 10.4 Å². The Bertz CT molecular complexity index is 863. The molecule has 0 unspecified atom stereocenters. The average molecular weight is 381 g/mol. The summed E-state index contributed by atoms with van der Waals surface area (Å²) < 4.78 is 43.5. The van der Waals surface area contributed by atoms with E-state index in [-0.39, 0.29) is 29.4 Å². The van der Waals surface area contributed by atoms with E-state index in [2.05, 4.69) is 0 Å². The topological polar surface area (TPSA) is 114 Å². The summed E-state index contributed by atoms with van der Waals surface area (Å²) in [5.74, 6) is 0.727. The van der Waals surface area contributed by atoms with Crippen LogP contribution in [0.15, 0.2) is 47.4 Å². The molecule has 0 amide bonds. The molecular weight excluding hydrogens is 362 g/mol. The van der Waals surface area contributed by atoms with E-state index in [1.54, 1.807) is 31.4 Å². The van der Waals surface area contributed by atoms with Gasteiger partial charge in [-0.25, -0.2) is 18.4 Å². The Kier molecular flexibility index (Phi) is 6.42. The first-order valence-corrected chi connectivity index (χ1v) is 9.04. The van der Waals surface area contributed by atoms with E-state index < -0.39 is 16.0 Å². The number of benzene rings is 2. The summed E-state index contributed by atoms with van der Waals surface area (Å²) in [5.41, 5.74) is -0.0385. The van der Waals surface area contributed by atoms with Crippen molar-refractivity contribution >= 4 is 16.0 Å². The number of primary sulfonamides is 1. The fraction of sp³-hybridized carbons (Fsp3) is 0.235. The molecule has 2 aromatic carbocycles. The summed E-state index contributed by atoms with van der Waals surface area (Å²) in [6.45, 7) is 0.0862. The van der Waals surface area contributed by atoms with Crippen molar-refractivity contribution in [1.82, 2.24) is 0 Å². The van der Waals surface area contributed by atoms with Gasteiger partial charge in [-0.2, -0.15) is 0 Å². The van der Waals surface area contributed by atoms with E-state index in [1.807, 2.05) is 0 Å². The normalized spacial score (nSPS) is 10.9. The monoisotopic (exact) mass is 381 g/mol. The lowest BCUT2D eigenvalue weighted by Crippen LogP contribution is -2.16. The molecule has 0 heterocycles. The third-order valence-electron chi connectivity index (χ3n) is 3.36. The second-order valence-electron chi connectivity index (χ2n) is 5.07. The molecule has 8 nitrogen and oxygen atoms in total. The standard InChI is InChI=1S/C17H19NO7S/c1-22-12-3-5-13(6-4-12)24-9-10-25-17(19)15-11-14(26(18,20)21)7-8-16(15)23-2/h3-8,11H,9-10H2,1-2H3,(H2,18,20,21). The van der Waals surface area contributed by atoms with E-state index in [0.717, 1.165) is 6.07 Å². The largest absolute Gasteiger partial charge is 0.497 e. The molecule has 0 saturated carbocycles. The summed E-state index contributed by atoms with van der Waals surface area (Å²) in [6.07, 6.45) is 0. The van der Waals surface area contributed by atoms with Gasteiger partial charge in [0.2, 0.25) is 10.0 Å². The Labute approximate surface area is 151 Å². The summed E-state index contributed by atoms with van der Waals surface area (Å²) in [5, 5.41) is 5.07. The molecule has 0 spiro atoms. The second-order valence-corrected chi connectivity index (χ2v) is 6.63. The fourth-order valence-corrected chi connectivity index (χ4v) is 2.61. The van der Waals surface area contributed by atoms with Crippen molar-refractivity contribution in [2.75, 3.05) is 27.4 Å². The number of ether oxygens (including phenoxy) is 4. The molecule has 0 bridgehead atoms. The predicted octanol–water partition coefficient (Wildman–Crippen LogP) is 1.59. The SMILES string of the molecule is COc1ccc(OCCOC(=O)c2cc(S(N)(=O)=O)ccc2OC)cc1. The van der Waals surface area contributed by atoms with Gasteiger partial charge in [-0.15, -0.1) is 0 Å². The molecule has 0 fully saturated rings. The zero-order chi connectivity index (χ0) is 19.2. The quantitative estimate of drug-likeness (QED) is 0.545. The Hall–Kier alpha value is -2.78. The molecule has 140 valence electrons. The van der Waals surface area contributed by atoms with Crippen LogP contribution in [0, 0.1) is 0 Å². The first-order valence-electron chi connectivity index (χ1n) is 7.50. The molecule has 0 aliphatic heterocycles. The van der Waals surface area contributed by atoms with Crippen molar-refractivity contribution < 1.29 is 32.2 Å². The molecule has 2 N–H and O–H groups in total. The Morgan fingerprint density at radius 3 is 2.19 bits per heavy atom. The highest BCUT2D eigenvalue weighted by Gasteiger charge is 2.18. The molecule has 0 saturated heterocycles. The third-order valence-corrected chi connectivity index (χ3v) is 4.28. The summed E-state index contributed by atoms with van der Waals surface area (Å²) in [6, 6.07) is 10.6. The fourth-order valence-electron chi connectivity index (χ4n) is 2.07. The van der Waals surface area contributed by atoms with Crippen molar-refractivity contribution in [1.29, 1.82) is 0 Å². The van der Waals surface area contributed by atoms with Gasteiger partial charge in [0.1, 0.15) is 36.0 Å². The lowest BCUT2D eigenvalue weighted by molar-refractivity contribution is 0.0446. The highest BCUT2D eigenvalue weighted by molar-refractivity contribution is 7.89. The maximum atomic E-state index is 12.2. The number of hydrogen-bond donors (Lipinski definition) is 1. The molecule has 2 rings (SSSR count). The van der Waals surface area contributed by atoms with Crippen LogP contribution < -0.4 is 19.3 Å². The summed E-state index contributed by atoms with van der Waals surface area (Å²) >= 11 is 0. The number of nitrogens with two attached hydrogens (primary N) is 1. The van der Waals surface area contributed by atoms with Crippen LogP contribution in [0.5, 0.6) is 17.2 Å². The lowest BCUT2D eigenvalue weighted by atomic mass is 10.2. The van der Waals surface area contributed by atoms with Crippen LogP contribution in [-0.4, -0.2) is 41.8 Å². The van der Waals surface area contributed by atoms with Gasteiger partial charge in [0.15, 0.2) is 0 Å². The van der Waals surface area contributed by atoms with E-state index in [4.69, 9.17) is 24.1 Å². The van der Waals surface area contributed by atoms with Gasteiger partial charge >= 0.3 is 5.97 Å². The van der Waals surface area contributed by atoms with Gasteiger partial charge in [-0.05, 0) is 42.5 Å². The van der Waals surface area contributed by atoms with Gasteiger partial charge in [0.25, 0.3) is 0 Å². The summed E-state index contributed by atoms with van der Waals surface area (Å²) in [7, 11) is -1.03. The molecular formula is C17H19NO7S. The van der Waals surface area contributed by atoms with Crippen LogP contribution in [0.25, 0.3) is 0 Å². The number of esters is 1. The van der Waals surface area contributed by atoms with Crippen molar-refractivity contribution in [2.45, 2.75) is 4.90 Å². The minimum absolute atomic E-state index is 0.0341. The second kappa shape index (κ2) is 8.54. The third kappa shape index (κ3) is 5.11. The molecule has 26 heavy (non-hydrogen) atoms. The Morgan fingerprint density at radius 2 is 1.62 bits per heavy atom. The van der Waals surface area contributed by atoms with E-state index in [9.17, 15) is 13.2 Å². The summed E-state index contributed by atoms with van der Waals surface area (Å²) in [4.78, 5) is 12.0. The molecule has 9 heteroatoms. The minimum atomic E-state index is -3.95. The maximum absolute atomic E-state index is 12.2. The Morgan fingerprint density at radius 1 is 0.962 bits per heavy atom. The maximum Gasteiger partial charge on any atom is 0.342 e. The van der Waals surface area contributed by atoms with Crippen molar-refractivity contribution in [3.8, 4) is 17.2 Å². The number of carbonyl (C=O) groups is 1. The van der Waals surface area contributed by atoms with Gasteiger partial charge < -0.3 is 18.9 Å². The van der Waals surface area contributed by atoms with Crippen molar-refractivity contribution in [3.63, 3.8) is 0 Å². The van der Waals surface area contributed by atoms with Crippen LogP contribution in [0.4, 0.5) is 0 Å². The number of methoxy groups -OCH3 is 2. The van der Waals surface area contributed by atoms with E-state index in [0.29, 0.717) is 11.5 Å².